The minimum Gasteiger partial charge on any atom is -0.493 e. The minimum absolute atomic E-state index is 0.179. The van der Waals surface area contributed by atoms with Gasteiger partial charge in [0.25, 0.3) is 5.91 Å². The van der Waals surface area contributed by atoms with Crippen LogP contribution in [0.15, 0.2) is 59.0 Å². The maximum atomic E-state index is 13.2. The number of furan rings is 1. The molecule has 6 nitrogen and oxygen atoms in total. The molecule has 0 fully saturated rings. The number of aryl methyl sites for hydroxylation is 2. The first-order valence-electron chi connectivity index (χ1n) is 10.5. The monoisotopic (exact) mass is 430 g/mol. The third-order valence-corrected chi connectivity index (χ3v) is 5.37. The van der Waals surface area contributed by atoms with E-state index in [2.05, 4.69) is 36.5 Å². The average molecular weight is 431 g/mol. The molecule has 0 atom stereocenters. The molecule has 6 heteroatoms. The summed E-state index contributed by atoms with van der Waals surface area (Å²) >= 11 is 0. The van der Waals surface area contributed by atoms with Gasteiger partial charge in [-0.2, -0.15) is 0 Å². The van der Waals surface area contributed by atoms with Crippen molar-refractivity contribution in [2.75, 3.05) is 20.8 Å². The molecule has 0 spiro atoms. The highest BCUT2D eigenvalue weighted by atomic mass is 16.5. The van der Waals surface area contributed by atoms with Crippen molar-refractivity contribution in [3.8, 4) is 23.0 Å². The van der Waals surface area contributed by atoms with Gasteiger partial charge >= 0.3 is 0 Å². The Morgan fingerprint density at radius 2 is 1.69 bits per heavy atom. The molecule has 0 unspecified atom stereocenters. The van der Waals surface area contributed by atoms with Gasteiger partial charge in [-0.15, -0.1) is 0 Å². The number of aromatic nitrogens is 1. The van der Waals surface area contributed by atoms with Gasteiger partial charge in [-0.25, -0.2) is 4.98 Å². The van der Waals surface area contributed by atoms with Crippen LogP contribution in [0, 0.1) is 13.8 Å². The lowest BCUT2D eigenvalue weighted by Gasteiger charge is -2.13. The van der Waals surface area contributed by atoms with Crippen molar-refractivity contribution in [3.63, 3.8) is 0 Å². The largest absolute Gasteiger partial charge is 0.493 e. The summed E-state index contributed by atoms with van der Waals surface area (Å²) < 4.78 is 16.6. The van der Waals surface area contributed by atoms with Crippen molar-refractivity contribution in [1.29, 1.82) is 0 Å². The molecule has 2 heterocycles. The summed E-state index contributed by atoms with van der Waals surface area (Å²) in [5.41, 5.74) is 4.10. The number of ether oxygens (including phenoxy) is 2. The molecule has 0 radical (unpaired) electrons. The summed E-state index contributed by atoms with van der Waals surface area (Å²) in [5, 5.41) is 3.72. The van der Waals surface area contributed by atoms with Crippen molar-refractivity contribution in [2.24, 2.45) is 0 Å². The Hall–Kier alpha value is -3.80. The first-order valence-corrected chi connectivity index (χ1v) is 10.5. The van der Waals surface area contributed by atoms with Crippen LogP contribution in [-0.4, -0.2) is 31.7 Å². The molecular weight excluding hydrogens is 404 g/mol. The molecule has 4 aromatic rings. The predicted octanol–water partition coefficient (Wildman–Crippen LogP) is 5.10. The smallest absolute Gasteiger partial charge is 0.252 e. The SMILES string of the molecule is COc1cc2nc(-c3ccc(C)o3)cc(C(=O)NCCc3ccc(C)cc3)c2cc1OC. The highest BCUT2D eigenvalue weighted by Crippen LogP contribution is 2.35. The lowest BCUT2D eigenvalue weighted by atomic mass is 10.0. The first-order chi connectivity index (χ1) is 15.5. The molecule has 0 saturated heterocycles. The van der Waals surface area contributed by atoms with Crippen molar-refractivity contribution in [2.45, 2.75) is 20.3 Å². The maximum absolute atomic E-state index is 13.2. The number of pyridine rings is 1. The van der Waals surface area contributed by atoms with Crippen LogP contribution in [0.1, 0.15) is 27.2 Å². The molecule has 1 amide bonds. The van der Waals surface area contributed by atoms with Crippen LogP contribution >= 0.6 is 0 Å². The fourth-order valence-corrected chi connectivity index (χ4v) is 3.61. The molecule has 1 N–H and O–H groups in total. The lowest BCUT2D eigenvalue weighted by Crippen LogP contribution is -2.26. The normalized spacial score (nSPS) is 10.9. The number of benzene rings is 2. The van der Waals surface area contributed by atoms with Gasteiger partial charge in [-0.05, 0) is 50.1 Å². The molecule has 32 heavy (non-hydrogen) atoms. The quantitative estimate of drug-likeness (QED) is 0.441. The van der Waals surface area contributed by atoms with Crippen LogP contribution in [-0.2, 0) is 6.42 Å². The van der Waals surface area contributed by atoms with E-state index in [9.17, 15) is 4.79 Å². The number of hydrogen-bond donors (Lipinski definition) is 1. The summed E-state index contributed by atoms with van der Waals surface area (Å²) in [6, 6.07) is 17.4. The molecule has 2 aromatic heterocycles. The number of nitrogens with one attached hydrogen (secondary N) is 1. The molecule has 0 saturated carbocycles. The van der Waals surface area contributed by atoms with E-state index in [4.69, 9.17) is 18.9 Å². The third-order valence-electron chi connectivity index (χ3n) is 5.37. The van der Waals surface area contributed by atoms with E-state index >= 15 is 0 Å². The molecule has 2 aromatic carbocycles. The zero-order valence-corrected chi connectivity index (χ0v) is 18.7. The van der Waals surface area contributed by atoms with Crippen LogP contribution in [0.5, 0.6) is 11.5 Å². The van der Waals surface area contributed by atoms with Crippen LogP contribution in [0.25, 0.3) is 22.4 Å². The van der Waals surface area contributed by atoms with Gasteiger partial charge < -0.3 is 19.2 Å². The Morgan fingerprint density at radius 1 is 0.969 bits per heavy atom. The highest BCUT2D eigenvalue weighted by molar-refractivity contribution is 6.07. The van der Waals surface area contributed by atoms with Crippen molar-refractivity contribution < 1.29 is 18.7 Å². The fraction of sp³-hybridized carbons (Fsp3) is 0.231. The molecular formula is C26H26N2O4. The second-order valence-electron chi connectivity index (χ2n) is 7.68. The van der Waals surface area contributed by atoms with E-state index < -0.39 is 0 Å². The molecule has 0 bridgehead atoms. The Labute approximate surface area is 187 Å². The number of methoxy groups -OCH3 is 2. The second-order valence-corrected chi connectivity index (χ2v) is 7.68. The van der Waals surface area contributed by atoms with E-state index in [0.29, 0.717) is 46.0 Å². The average Bonchev–Trinajstić information content (AvgIpc) is 3.24. The van der Waals surface area contributed by atoms with Gasteiger partial charge in [-0.3, -0.25) is 4.79 Å². The summed E-state index contributed by atoms with van der Waals surface area (Å²) in [4.78, 5) is 17.9. The number of carbonyl (C=O) groups excluding carboxylic acids is 1. The zero-order valence-electron chi connectivity index (χ0n) is 18.7. The molecule has 0 aliphatic heterocycles. The van der Waals surface area contributed by atoms with Gasteiger partial charge in [0.2, 0.25) is 0 Å². The van der Waals surface area contributed by atoms with E-state index in [1.165, 1.54) is 11.1 Å². The van der Waals surface area contributed by atoms with Gasteiger partial charge in [0.05, 0.1) is 25.3 Å². The summed E-state index contributed by atoms with van der Waals surface area (Å²) in [7, 11) is 3.14. The Bertz CT molecular complexity index is 1260. The Morgan fingerprint density at radius 3 is 2.34 bits per heavy atom. The lowest BCUT2D eigenvalue weighted by molar-refractivity contribution is 0.0955. The number of nitrogens with zero attached hydrogens (tertiary/aromatic N) is 1. The zero-order chi connectivity index (χ0) is 22.7. The van der Waals surface area contributed by atoms with E-state index in [1.807, 2.05) is 19.1 Å². The van der Waals surface area contributed by atoms with Crippen LogP contribution in [0.2, 0.25) is 0 Å². The second kappa shape index (κ2) is 9.14. The molecule has 4 rings (SSSR count). The number of amides is 1. The number of fused-ring (bicyclic) bond motifs is 1. The maximum Gasteiger partial charge on any atom is 0.252 e. The number of rotatable bonds is 7. The Balaban J connectivity index is 1.69. The van der Waals surface area contributed by atoms with Gasteiger partial charge in [0, 0.05) is 18.0 Å². The van der Waals surface area contributed by atoms with Gasteiger partial charge in [0.1, 0.15) is 11.5 Å². The predicted molar refractivity (Wildman–Crippen MR) is 125 cm³/mol. The van der Waals surface area contributed by atoms with Crippen molar-refractivity contribution in [3.05, 3.63) is 77.0 Å². The van der Waals surface area contributed by atoms with Gasteiger partial charge in [0.15, 0.2) is 17.3 Å². The summed E-state index contributed by atoms with van der Waals surface area (Å²) in [6.07, 6.45) is 0.746. The van der Waals surface area contributed by atoms with E-state index in [1.54, 1.807) is 32.4 Å². The fourth-order valence-electron chi connectivity index (χ4n) is 3.61. The van der Waals surface area contributed by atoms with Crippen molar-refractivity contribution >= 4 is 16.8 Å². The van der Waals surface area contributed by atoms with Crippen LogP contribution in [0.4, 0.5) is 0 Å². The summed E-state index contributed by atoms with van der Waals surface area (Å²) in [5.74, 6) is 2.29. The first kappa shape index (κ1) is 21.4. The van der Waals surface area contributed by atoms with Crippen LogP contribution < -0.4 is 14.8 Å². The van der Waals surface area contributed by atoms with E-state index in [0.717, 1.165) is 12.2 Å². The summed E-state index contributed by atoms with van der Waals surface area (Å²) in [6.45, 7) is 4.45. The number of carbonyl (C=O) groups is 1. The van der Waals surface area contributed by atoms with Gasteiger partial charge in [-0.1, -0.05) is 29.8 Å². The molecule has 0 aliphatic carbocycles. The Kier molecular flexibility index (Phi) is 6.12. The standard InChI is InChI=1S/C26H26N2O4/c1-16-5-8-18(9-6-16)11-12-27-26(29)20-13-22(23-10-7-17(2)32-23)28-21-15-25(31-4)24(30-3)14-19(20)21/h5-10,13-15H,11-12H2,1-4H3,(H,27,29). The minimum atomic E-state index is -0.179. The topological polar surface area (TPSA) is 73.6 Å². The highest BCUT2D eigenvalue weighted by Gasteiger charge is 2.18. The number of hydrogen-bond acceptors (Lipinski definition) is 5. The third kappa shape index (κ3) is 4.44. The molecule has 164 valence electrons. The van der Waals surface area contributed by atoms with E-state index in [-0.39, 0.29) is 5.91 Å². The van der Waals surface area contributed by atoms with Crippen LogP contribution in [0.3, 0.4) is 0 Å². The van der Waals surface area contributed by atoms with Crippen molar-refractivity contribution in [1.82, 2.24) is 10.3 Å². The molecule has 0 aliphatic rings.